The highest BCUT2D eigenvalue weighted by molar-refractivity contribution is 5.87. The van der Waals surface area contributed by atoms with Gasteiger partial charge in [0.15, 0.2) is 11.5 Å². The van der Waals surface area contributed by atoms with Crippen LogP contribution in [0.25, 0.3) is 0 Å². The number of ether oxygens (including phenoxy) is 2. The standard InChI is InChI=1S/C24H25N3O4/c1-4-30-22-12-18(13-26-27-23-10-8-19(14-25-23)24(28)29)7-9-21(22)31-15-20-11-16(2)5-6-17(20)3/h5-14H,4,15H2,1-3H3,(H,25,27)(H,28,29)/b26-13+. The average Bonchev–Trinajstić information content (AvgIpc) is 2.76. The zero-order chi connectivity index (χ0) is 22.2. The van der Waals surface area contributed by atoms with E-state index in [1.54, 1.807) is 12.3 Å². The molecular weight excluding hydrogens is 394 g/mol. The number of aromatic nitrogens is 1. The predicted octanol–water partition coefficient (Wildman–Crippen LogP) is 4.82. The number of anilines is 1. The molecule has 3 aromatic rings. The fraction of sp³-hybridized carbons (Fsp3) is 0.208. The van der Waals surface area contributed by atoms with Crippen LogP contribution < -0.4 is 14.9 Å². The maximum absolute atomic E-state index is 10.9. The highest BCUT2D eigenvalue weighted by Crippen LogP contribution is 2.29. The van der Waals surface area contributed by atoms with Crippen LogP contribution in [0.4, 0.5) is 5.82 Å². The molecule has 0 aliphatic carbocycles. The number of carboxylic acids is 1. The molecule has 0 unspecified atom stereocenters. The molecule has 3 rings (SSSR count). The quantitative estimate of drug-likeness (QED) is 0.382. The van der Waals surface area contributed by atoms with E-state index in [-0.39, 0.29) is 5.56 Å². The van der Waals surface area contributed by atoms with Crippen molar-refractivity contribution in [2.75, 3.05) is 12.0 Å². The second-order valence-corrected chi connectivity index (χ2v) is 6.97. The number of nitrogens with one attached hydrogen (secondary N) is 1. The third-order valence-electron chi connectivity index (χ3n) is 4.56. The SMILES string of the molecule is CCOc1cc(/C=N/Nc2ccc(C(=O)O)cn2)ccc1OCc1cc(C)ccc1C. The van der Waals surface area contributed by atoms with Crippen molar-refractivity contribution in [3.8, 4) is 11.5 Å². The summed E-state index contributed by atoms with van der Waals surface area (Å²) >= 11 is 0. The second-order valence-electron chi connectivity index (χ2n) is 6.97. The summed E-state index contributed by atoms with van der Waals surface area (Å²) in [5.74, 6) is 0.727. The molecule has 0 spiro atoms. The van der Waals surface area contributed by atoms with Gasteiger partial charge in [-0.15, -0.1) is 0 Å². The van der Waals surface area contributed by atoms with Crippen molar-refractivity contribution in [1.29, 1.82) is 0 Å². The van der Waals surface area contributed by atoms with Crippen molar-refractivity contribution in [3.05, 3.63) is 82.5 Å². The zero-order valence-corrected chi connectivity index (χ0v) is 17.8. The highest BCUT2D eigenvalue weighted by Gasteiger charge is 2.08. The Morgan fingerprint density at radius 2 is 1.94 bits per heavy atom. The minimum Gasteiger partial charge on any atom is -0.490 e. The lowest BCUT2D eigenvalue weighted by atomic mass is 10.1. The molecule has 0 atom stereocenters. The summed E-state index contributed by atoms with van der Waals surface area (Å²) in [6, 6.07) is 14.9. The summed E-state index contributed by atoms with van der Waals surface area (Å²) in [6.07, 6.45) is 2.90. The molecule has 0 aliphatic rings. The van der Waals surface area contributed by atoms with E-state index in [1.165, 1.54) is 23.4 Å². The van der Waals surface area contributed by atoms with Crippen LogP contribution in [0.15, 0.2) is 59.8 Å². The normalized spacial score (nSPS) is 10.8. The third-order valence-corrected chi connectivity index (χ3v) is 4.56. The molecule has 0 radical (unpaired) electrons. The minimum atomic E-state index is -1.02. The van der Waals surface area contributed by atoms with Gasteiger partial charge >= 0.3 is 5.97 Å². The summed E-state index contributed by atoms with van der Waals surface area (Å²) in [4.78, 5) is 14.9. The van der Waals surface area contributed by atoms with Gasteiger partial charge in [0, 0.05) is 6.20 Å². The van der Waals surface area contributed by atoms with Crippen molar-refractivity contribution in [2.45, 2.75) is 27.4 Å². The minimum absolute atomic E-state index is 0.118. The van der Waals surface area contributed by atoms with E-state index in [0.717, 1.165) is 11.1 Å². The van der Waals surface area contributed by atoms with Gasteiger partial charge in [0.1, 0.15) is 12.4 Å². The number of pyridine rings is 1. The van der Waals surface area contributed by atoms with Crippen molar-refractivity contribution in [3.63, 3.8) is 0 Å². The largest absolute Gasteiger partial charge is 0.490 e. The molecule has 2 aromatic carbocycles. The van der Waals surface area contributed by atoms with Gasteiger partial charge in [-0.25, -0.2) is 9.78 Å². The molecule has 31 heavy (non-hydrogen) atoms. The first kappa shape index (κ1) is 21.8. The van der Waals surface area contributed by atoms with E-state index in [1.807, 2.05) is 25.1 Å². The monoisotopic (exact) mass is 419 g/mol. The molecule has 0 fully saturated rings. The second kappa shape index (κ2) is 10.2. The van der Waals surface area contributed by atoms with E-state index in [2.05, 4.69) is 47.6 Å². The van der Waals surface area contributed by atoms with Crippen LogP contribution in [0.2, 0.25) is 0 Å². The van der Waals surface area contributed by atoms with E-state index in [9.17, 15) is 4.79 Å². The van der Waals surface area contributed by atoms with Gasteiger partial charge < -0.3 is 14.6 Å². The molecule has 2 N–H and O–H groups in total. The van der Waals surface area contributed by atoms with Gasteiger partial charge in [0.05, 0.1) is 18.4 Å². The van der Waals surface area contributed by atoms with Crippen LogP contribution in [0, 0.1) is 13.8 Å². The van der Waals surface area contributed by atoms with Gasteiger partial charge in [-0.3, -0.25) is 5.43 Å². The number of aryl methyl sites for hydroxylation is 2. The topological polar surface area (TPSA) is 93.0 Å². The van der Waals surface area contributed by atoms with Gasteiger partial charge in [-0.05, 0) is 67.8 Å². The molecule has 0 bridgehead atoms. The zero-order valence-electron chi connectivity index (χ0n) is 17.8. The molecule has 0 aliphatic heterocycles. The molecule has 0 amide bonds. The summed E-state index contributed by atoms with van der Waals surface area (Å²) in [6.45, 7) is 7.02. The smallest absolute Gasteiger partial charge is 0.337 e. The number of nitrogens with zero attached hydrogens (tertiary/aromatic N) is 2. The van der Waals surface area contributed by atoms with Crippen LogP contribution in [-0.4, -0.2) is 28.9 Å². The molecule has 7 heteroatoms. The summed E-state index contributed by atoms with van der Waals surface area (Å²) < 4.78 is 11.8. The Labute approximate surface area is 181 Å². The predicted molar refractivity (Wildman–Crippen MR) is 120 cm³/mol. The van der Waals surface area contributed by atoms with Crippen LogP contribution in [0.3, 0.4) is 0 Å². The Balaban J connectivity index is 1.68. The summed E-state index contributed by atoms with van der Waals surface area (Å²) in [5, 5.41) is 13.1. The number of rotatable bonds is 9. The summed E-state index contributed by atoms with van der Waals surface area (Å²) in [7, 11) is 0. The maximum atomic E-state index is 10.9. The Hall–Kier alpha value is -3.87. The number of benzene rings is 2. The van der Waals surface area contributed by atoms with Crippen molar-refractivity contribution in [2.24, 2.45) is 5.10 Å². The molecular formula is C24H25N3O4. The summed E-state index contributed by atoms with van der Waals surface area (Å²) in [5.41, 5.74) is 7.23. The van der Waals surface area contributed by atoms with Gasteiger partial charge in [-0.2, -0.15) is 5.10 Å². The first-order valence-electron chi connectivity index (χ1n) is 9.90. The number of carbonyl (C=O) groups is 1. The lowest BCUT2D eigenvalue weighted by molar-refractivity contribution is 0.0696. The number of hydrogen-bond donors (Lipinski definition) is 2. The first-order chi connectivity index (χ1) is 15.0. The molecule has 160 valence electrons. The molecule has 0 saturated carbocycles. The number of hydrogen-bond acceptors (Lipinski definition) is 6. The van der Waals surface area contributed by atoms with Gasteiger partial charge in [0.2, 0.25) is 0 Å². The third kappa shape index (κ3) is 6.05. The fourth-order valence-corrected chi connectivity index (χ4v) is 2.86. The Morgan fingerprint density at radius 1 is 1.10 bits per heavy atom. The van der Waals surface area contributed by atoms with Gasteiger partial charge in [0.25, 0.3) is 0 Å². The van der Waals surface area contributed by atoms with Gasteiger partial charge in [-0.1, -0.05) is 23.8 Å². The fourth-order valence-electron chi connectivity index (χ4n) is 2.86. The van der Waals surface area contributed by atoms with Crippen LogP contribution in [0.5, 0.6) is 11.5 Å². The van der Waals surface area contributed by atoms with Crippen molar-refractivity contribution < 1.29 is 19.4 Å². The average molecular weight is 419 g/mol. The van der Waals surface area contributed by atoms with Crippen molar-refractivity contribution >= 4 is 18.0 Å². The van der Waals surface area contributed by atoms with E-state index >= 15 is 0 Å². The Morgan fingerprint density at radius 3 is 2.65 bits per heavy atom. The Kier molecular flexibility index (Phi) is 7.22. The lowest BCUT2D eigenvalue weighted by Crippen LogP contribution is -2.02. The number of hydrazone groups is 1. The molecule has 7 nitrogen and oxygen atoms in total. The van der Waals surface area contributed by atoms with E-state index < -0.39 is 5.97 Å². The molecule has 1 heterocycles. The van der Waals surface area contributed by atoms with E-state index in [4.69, 9.17) is 14.6 Å². The number of carboxylic acid groups (broad SMARTS) is 1. The number of aromatic carboxylic acids is 1. The highest BCUT2D eigenvalue weighted by atomic mass is 16.5. The van der Waals surface area contributed by atoms with Crippen LogP contribution in [-0.2, 0) is 6.61 Å². The lowest BCUT2D eigenvalue weighted by Gasteiger charge is -2.14. The first-order valence-corrected chi connectivity index (χ1v) is 9.90. The molecule has 0 saturated heterocycles. The Bertz CT molecular complexity index is 1080. The molecule has 1 aromatic heterocycles. The van der Waals surface area contributed by atoms with Crippen LogP contribution in [0.1, 0.15) is 39.5 Å². The van der Waals surface area contributed by atoms with Crippen LogP contribution >= 0.6 is 0 Å². The van der Waals surface area contributed by atoms with Crippen molar-refractivity contribution in [1.82, 2.24) is 4.98 Å². The van der Waals surface area contributed by atoms with E-state index in [0.29, 0.717) is 30.5 Å². The maximum Gasteiger partial charge on any atom is 0.337 e.